The number of carboxylic acids is 2. The van der Waals surface area contributed by atoms with Gasteiger partial charge in [-0.3, -0.25) is 88.4 Å². The molecule has 0 aromatic heterocycles. The highest BCUT2D eigenvalue weighted by Gasteiger charge is 2.43. The standard InChI is InChI=1S/C59H101N19O21S2/c1-28(2)44(62)54(94)73-35(23-41(61)82)57(97)78-21-10-14-40(78)53(93)76-45(30(4)81)55(95)66-24-42(83)68-38(27-100)51(91)67-29(3)46(86)69-32(12-8-19-65-59(63)64)48(88)74-36(25-79)50(90)72-34(15-16-43(84)85)56(96)77-20-9-13-39(77)52(92)71-31(11-6-7-18-60)47(87)70-33(17-22-101-5)49(89)75-37(26-80)58(98)99/h28-40,44-45,79-81,100H,6-27,60,62H2,1-5H3,(H2,61,82)(H,66,95)(H,67,91)(H,68,83)(H,69,86)(H,70,87)(H,71,92)(H,72,90)(H,73,94)(H,74,88)(H,75,89)(H,76,93)(H,84,85)(H,98,99)(H4,63,64,65)/p+3/t29-,30+,31-,32-,33-,34-,35-,36-,37-,38-,39-,40-,44-,45-/m0/s1. The van der Waals surface area contributed by atoms with Crippen molar-refractivity contribution in [2.75, 3.05) is 63.7 Å². The lowest BCUT2D eigenvalue weighted by Gasteiger charge is -2.31. The number of aliphatic hydroxyl groups excluding tert-OH is 3. The number of hydrogen-bond acceptors (Lipinski definition) is 21. The predicted octanol–water partition coefficient (Wildman–Crippen LogP) is -13.4. The van der Waals surface area contributed by atoms with Crippen molar-refractivity contribution in [3.8, 4) is 0 Å². The van der Waals surface area contributed by atoms with Crippen molar-refractivity contribution in [1.82, 2.24) is 68.3 Å². The molecule has 14 amide bonds. The Morgan fingerprint density at radius 3 is 1.56 bits per heavy atom. The Bertz CT molecular complexity index is 2930. The molecule has 2 heterocycles. The Kier molecular flexibility index (Phi) is 39.6. The van der Waals surface area contributed by atoms with Crippen LogP contribution in [0.25, 0.3) is 0 Å². The Labute approximate surface area is 592 Å². The molecule has 0 bridgehead atoms. The molecule has 0 aliphatic carbocycles. The zero-order valence-corrected chi connectivity index (χ0v) is 59.1. The summed E-state index contributed by atoms with van der Waals surface area (Å²) in [6, 6.07) is -18.9. The molecule has 2 saturated heterocycles. The minimum atomic E-state index is -1.89. The summed E-state index contributed by atoms with van der Waals surface area (Å²) < 4.78 is 0. The van der Waals surface area contributed by atoms with Crippen molar-refractivity contribution >= 4 is 125 Å². The molecule has 40 nitrogen and oxygen atoms in total. The highest BCUT2D eigenvalue weighted by atomic mass is 32.2. The van der Waals surface area contributed by atoms with Crippen molar-refractivity contribution < 1.29 is 119 Å². The average molecular weight is 1480 g/mol. The van der Waals surface area contributed by atoms with E-state index in [2.05, 4.69) is 87.6 Å². The normalized spacial score (nSPS) is 17.7. The van der Waals surface area contributed by atoms with Crippen molar-refractivity contribution in [3.05, 3.63) is 0 Å². The number of thiol groups is 1. The van der Waals surface area contributed by atoms with Crippen LogP contribution in [0.5, 0.6) is 0 Å². The van der Waals surface area contributed by atoms with E-state index in [-0.39, 0.29) is 76.5 Å². The van der Waals surface area contributed by atoms with Gasteiger partial charge in [0.25, 0.3) is 5.91 Å². The lowest BCUT2D eigenvalue weighted by atomic mass is 10.0. The van der Waals surface area contributed by atoms with Gasteiger partial charge in [0.05, 0.1) is 45.4 Å². The van der Waals surface area contributed by atoms with Gasteiger partial charge in [0.15, 0.2) is 6.04 Å². The Hall–Kier alpha value is -8.71. The van der Waals surface area contributed by atoms with Crippen LogP contribution in [-0.4, -0.2) is 284 Å². The number of nitrogens with two attached hydrogens (primary N) is 3. The van der Waals surface area contributed by atoms with Crippen LogP contribution < -0.4 is 92.1 Å². The number of unbranched alkanes of at least 4 members (excludes halogenated alkanes) is 1. The summed E-state index contributed by atoms with van der Waals surface area (Å²) in [4.78, 5) is 218. The van der Waals surface area contributed by atoms with Crippen LogP contribution >= 0.6 is 24.4 Å². The number of nitrogens with one attached hydrogen (secondary N) is 12. The minimum absolute atomic E-state index is 0.0190. The van der Waals surface area contributed by atoms with Crippen LogP contribution in [0.2, 0.25) is 0 Å². The number of likely N-dealkylation sites (tertiary alicyclic amines) is 2. The summed E-state index contributed by atoms with van der Waals surface area (Å²) in [5.41, 5.74) is 24.0. The van der Waals surface area contributed by atoms with E-state index in [1.54, 1.807) is 20.1 Å². The lowest BCUT2D eigenvalue weighted by molar-refractivity contribution is -0.459. The smallest absolute Gasteiger partial charge is 0.338 e. The zero-order valence-electron chi connectivity index (χ0n) is 57.4. The molecule has 0 saturated carbocycles. The second-order valence-electron chi connectivity index (χ2n) is 24.6. The number of hydrogen-bond donors (Lipinski definition) is 23. The summed E-state index contributed by atoms with van der Waals surface area (Å²) >= 11 is 5.45. The van der Waals surface area contributed by atoms with Gasteiger partial charge in [-0.2, -0.15) is 24.4 Å². The fourth-order valence-electron chi connectivity index (χ4n) is 10.4. The predicted molar refractivity (Wildman–Crippen MR) is 360 cm³/mol. The van der Waals surface area contributed by atoms with Crippen LogP contribution in [0.4, 0.5) is 0 Å². The number of aliphatic carboxylic acids is 2. The van der Waals surface area contributed by atoms with Crippen molar-refractivity contribution in [2.24, 2.45) is 23.1 Å². The van der Waals surface area contributed by atoms with Gasteiger partial charge < -0.3 is 111 Å². The molecule has 0 aromatic carbocycles. The third kappa shape index (κ3) is 30.2. The number of thioether (sulfide) groups is 1. The first-order chi connectivity index (χ1) is 47.6. The molecule has 2 aliphatic heterocycles. The van der Waals surface area contributed by atoms with E-state index in [1.807, 2.05) is 0 Å². The van der Waals surface area contributed by atoms with E-state index in [1.165, 1.54) is 18.7 Å². The van der Waals surface area contributed by atoms with E-state index in [0.29, 0.717) is 31.6 Å². The topological polar surface area (TPSA) is 660 Å². The first-order valence-corrected chi connectivity index (χ1v) is 35.0. The van der Waals surface area contributed by atoms with Crippen molar-refractivity contribution in [2.45, 2.75) is 196 Å². The monoisotopic (exact) mass is 1480 g/mol. The van der Waals surface area contributed by atoms with Crippen LogP contribution in [0.3, 0.4) is 0 Å². The quantitative estimate of drug-likeness (QED) is 0.0116. The van der Waals surface area contributed by atoms with Crippen LogP contribution in [0, 0.1) is 5.92 Å². The molecule has 0 aromatic rings. The van der Waals surface area contributed by atoms with Crippen LogP contribution in [-0.2, 0) is 76.7 Å². The number of aliphatic hydroxyl groups is 3. The van der Waals surface area contributed by atoms with Gasteiger partial charge in [-0.25, -0.2) is 4.79 Å². The summed E-state index contributed by atoms with van der Waals surface area (Å²) in [6.07, 6.45) is -0.339. The molecular weight excluding hydrogens is 1370 g/mol. The SMILES string of the molecule is CSCC[C@H](NC(=O)[C@H](CCCC[NH3+])NC(=O)[C@@H]1CCCN1C(=O)[C@H](CCC(=O)O)NC(=O)[C@H](CO)NC(=O)[C@H](CCC[NH+]=C(N)N)NC(=O)[C@H](C)NC(=O)[C@H](CS)NC(=O)CNC(=O)[C@@H](NC(=O)[C@@H]1CCCN1C(=O)[C@H](CC(N)=O)NC(=O)[C@@H]([NH3+])C(C)C)[C@@H](C)O)C(=O)N[C@@H](CO)C(=O)O. The molecule has 0 unspecified atom stereocenters. The van der Waals surface area contributed by atoms with E-state index >= 15 is 0 Å². The molecule has 2 fully saturated rings. The van der Waals surface area contributed by atoms with E-state index < -0.39 is 224 Å². The molecular formula is C59H104N19O21S2+3. The molecule has 101 heavy (non-hydrogen) atoms. The third-order valence-electron chi connectivity index (χ3n) is 16.3. The maximum Gasteiger partial charge on any atom is 0.338 e. The highest BCUT2D eigenvalue weighted by molar-refractivity contribution is 7.98. The first-order valence-electron chi connectivity index (χ1n) is 33.0. The largest absolute Gasteiger partial charge is 0.481 e. The number of rotatable bonds is 46. The maximum atomic E-state index is 14.4. The molecule has 0 radical (unpaired) electrons. The Balaban J connectivity index is 2.25. The fourth-order valence-corrected chi connectivity index (χ4v) is 11.1. The number of nitrogens with zero attached hydrogens (tertiary/aromatic N) is 2. The summed E-state index contributed by atoms with van der Waals surface area (Å²) in [6.45, 7) is 3.29. The number of carbonyl (C=O) groups is 16. The maximum absolute atomic E-state index is 14.4. The van der Waals surface area contributed by atoms with Gasteiger partial charge in [-0.05, 0) is 96.5 Å². The third-order valence-corrected chi connectivity index (χ3v) is 17.3. The molecule has 14 atom stereocenters. The van der Waals surface area contributed by atoms with E-state index in [9.17, 15) is 102 Å². The fraction of sp³-hybridized carbons (Fsp3) is 0.712. The molecule has 570 valence electrons. The van der Waals surface area contributed by atoms with Crippen molar-refractivity contribution in [3.63, 3.8) is 0 Å². The number of carbonyl (C=O) groups excluding carboxylic acids is 14. The van der Waals surface area contributed by atoms with Crippen molar-refractivity contribution in [1.29, 1.82) is 0 Å². The minimum Gasteiger partial charge on any atom is -0.481 e. The number of amides is 14. The molecule has 42 heteroatoms. The van der Waals surface area contributed by atoms with E-state index in [0.717, 1.165) is 16.7 Å². The van der Waals surface area contributed by atoms with Gasteiger partial charge in [0.2, 0.25) is 76.8 Å². The van der Waals surface area contributed by atoms with Crippen LogP contribution in [0.15, 0.2) is 0 Å². The molecule has 2 aliphatic rings. The molecule has 2 rings (SSSR count). The summed E-state index contributed by atoms with van der Waals surface area (Å²) in [5.74, 6) is -16.6. The van der Waals surface area contributed by atoms with Gasteiger partial charge in [0, 0.05) is 31.2 Å². The molecule has 29 N–H and O–H groups in total. The second-order valence-corrected chi connectivity index (χ2v) is 25.9. The first kappa shape index (κ1) is 88.4. The van der Waals surface area contributed by atoms with Gasteiger partial charge in [-0.15, -0.1) is 0 Å². The van der Waals surface area contributed by atoms with Gasteiger partial charge in [0.1, 0.15) is 72.5 Å². The summed E-state index contributed by atoms with van der Waals surface area (Å²) in [7, 11) is 0. The Morgan fingerprint density at radius 2 is 1.06 bits per heavy atom. The number of carboxylic acid groups (broad SMARTS) is 2. The highest BCUT2D eigenvalue weighted by Crippen LogP contribution is 2.22. The van der Waals surface area contributed by atoms with E-state index in [4.69, 9.17) is 17.2 Å². The number of guanidine groups is 1. The average Bonchev–Trinajstić information content (AvgIpc) is 1.75. The number of primary amides is 1. The second kappa shape index (κ2) is 45.2. The lowest BCUT2D eigenvalue weighted by Crippen LogP contribution is -2.78. The zero-order chi connectivity index (χ0) is 76.4. The number of quaternary nitrogens is 2. The Morgan fingerprint density at radius 1 is 0.574 bits per heavy atom. The van der Waals surface area contributed by atoms with Gasteiger partial charge >= 0.3 is 17.9 Å². The summed E-state index contributed by atoms with van der Waals surface area (Å²) in [5, 5.41) is 75.8. The van der Waals surface area contributed by atoms with Crippen LogP contribution in [0.1, 0.15) is 111 Å². The molecule has 0 spiro atoms. The van der Waals surface area contributed by atoms with Gasteiger partial charge in [-0.1, -0.05) is 13.8 Å².